The highest BCUT2D eigenvalue weighted by Crippen LogP contribution is 2.33. The zero-order valence-corrected chi connectivity index (χ0v) is 19.3. The predicted octanol–water partition coefficient (Wildman–Crippen LogP) is 3.37. The smallest absolute Gasteiger partial charge is 0.242 e. The maximum Gasteiger partial charge on any atom is 0.242 e. The lowest BCUT2D eigenvalue weighted by Gasteiger charge is -2.29. The van der Waals surface area contributed by atoms with Gasteiger partial charge in [0.05, 0.1) is 19.7 Å². The van der Waals surface area contributed by atoms with Crippen LogP contribution in [-0.4, -0.2) is 52.2 Å². The number of nitrogens with zero attached hydrogens (tertiary/aromatic N) is 2. The van der Waals surface area contributed by atoms with Gasteiger partial charge in [-0.15, -0.1) is 0 Å². The predicted molar refractivity (Wildman–Crippen MR) is 125 cm³/mol. The van der Waals surface area contributed by atoms with E-state index in [-0.39, 0.29) is 4.90 Å². The molecule has 8 heteroatoms. The number of hydrogen-bond acceptors (Lipinski definition) is 6. The number of aromatic nitrogens is 1. The Kier molecular flexibility index (Phi) is 6.93. The Morgan fingerprint density at radius 2 is 1.78 bits per heavy atom. The van der Waals surface area contributed by atoms with E-state index < -0.39 is 10.0 Å². The average Bonchev–Trinajstić information content (AvgIpc) is 2.82. The fourth-order valence-electron chi connectivity index (χ4n) is 4.17. The van der Waals surface area contributed by atoms with Crippen LogP contribution in [0.3, 0.4) is 0 Å². The molecular formula is C24H29N3O4S. The van der Waals surface area contributed by atoms with E-state index >= 15 is 0 Å². The van der Waals surface area contributed by atoms with Crippen molar-refractivity contribution < 1.29 is 17.9 Å². The Morgan fingerprint density at radius 3 is 2.56 bits per heavy atom. The van der Waals surface area contributed by atoms with E-state index in [1.54, 1.807) is 38.6 Å². The SMILES string of the molecule is COc1cc2c(cc1OC)CN(CCCCNS(=O)(=O)c1cccc3cccnc13)CC2. The molecule has 1 aromatic heterocycles. The first-order valence-corrected chi connectivity index (χ1v) is 12.3. The van der Waals surface area contributed by atoms with Gasteiger partial charge in [-0.1, -0.05) is 18.2 Å². The van der Waals surface area contributed by atoms with Crippen molar-refractivity contribution in [2.75, 3.05) is 33.9 Å². The molecule has 0 bridgehead atoms. The van der Waals surface area contributed by atoms with Crippen molar-refractivity contribution in [2.24, 2.45) is 0 Å². The van der Waals surface area contributed by atoms with Crippen LogP contribution in [0, 0.1) is 0 Å². The van der Waals surface area contributed by atoms with Crippen molar-refractivity contribution in [3.63, 3.8) is 0 Å². The molecule has 3 aromatic rings. The van der Waals surface area contributed by atoms with Gasteiger partial charge in [0.2, 0.25) is 10.0 Å². The van der Waals surface area contributed by atoms with Crippen LogP contribution in [0.1, 0.15) is 24.0 Å². The standard InChI is InChI=1S/C24H29N3O4S/c1-30-21-15-19-10-14-27(17-20(19)16-22(21)31-2)13-4-3-12-26-32(28,29)23-9-5-7-18-8-6-11-25-24(18)23/h5-9,11,15-16,26H,3-4,10,12-14,17H2,1-2H3. The third-order valence-corrected chi connectivity index (χ3v) is 7.37. The summed E-state index contributed by atoms with van der Waals surface area (Å²) in [6.07, 6.45) is 4.27. The number of nitrogens with one attached hydrogen (secondary N) is 1. The third-order valence-electron chi connectivity index (χ3n) is 5.88. The molecule has 170 valence electrons. The number of para-hydroxylation sites is 1. The fourth-order valence-corrected chi connectivity index (χ4v) is 5.42. The van der Waals surface area contributed by atoms with Gasteiger partial charge in [-0.05, 0) is 61.2 Å². The van der Waals surface area contributed by atoms with Crippen molar-refractivity contribution >= 4 is 20.9 Å². The zero-order valence-electron chi connectivity index (χ0n) is 18.5. The summed E-state index contributed by atoms with van der Waals surface area (Å²) < 4.78 is 39.1. The molecule has 0 fully saturated rings. The van der Waals surface area contributed by atoms with Gasteiger partial charge in [-0.2, -0.15) is 0 Å². The highest BCUT2D eigenvalue weighted by Gasteiger charge is 2.20. The summed E-state index contributed by atoms with van der Waals surface area (Å²) in [4.78, 5) is 6.88. The fraction of sp³-hybridized carbons (Fsp3) is 0.375. The maximum atomic E-state index is 12.8. The van der Waals surface area contributed by atoms with E-state index in [0.29, 0.717) is 12.1 Å². The van der Waals surface area contributed by atoms with E-state index in [1.807, 2.05) is 12.1 Å². The molecule has 0 radical (unpaired) electrons. The molecule has 32 heavy (non-hydrogen) atoms. The maximum absolute atomic E-state index is 12.8. The minimum Gasteiger partial charge on any atom is -0.493 e. The van der Waals surface area contributed by atoms with E-state index in [1.165, 1.54) is 11.1 Å². The normalized spacial score (nSPS) is 14.3. The molecule has 4 rings (SSSR count). The van der Waals surface area contributed by atoms with Gasteiger partial charge in [0.25, 0.3) is 0 Å². The van der Waals surface area contributed by atoms with Crippen molar-refractivity contribution in [3.8, 4) is 11.5 Å². The molecular weight excluding hydrogens is 426 g/mol. The van der Waals surface area contributed by atoms with Gasteiger partial charge in [-0.25, -0.2) is 13.1 Å². The molecule has 0 aliphatic carbocycles. The Bertz CT molecular complexity index is 1190. The van der Waals surface area contributed by atoms with Crippen molar-refractivity contribution in [1.82, 2.24) is 14.6 Å². The Hall–Kier alpha value is -2.68. The molecule has 0 atom stereocenters. The van der Waals surface area contributed by atoms with Gasteiger partial charge < -0.3 is 9.47 Å². The average molecular weight is 456 g/mol. The monoisotopic (exact) mass is 455 g/mol. The molecule has 7 nitrogen and oxygen atoms in total. The highest BCUT2D eigenvalue weighted by molar-refractivity contribution is 7.89. The summed E-state index contributed by atoms with van der Waals surface area (Å²) in [5.74, 6) is 1.53. The lowest BCUT2D eigenvalue weighted by atomic mass is 9.98. The molecule has 0 amide bonds. The largest absolute Gasteiger partial charge is 0.493 e. The molecule has 1 aliphatic heterocycles. The summed E-state index contributed by atoms with van der Waals surface area (Å²) in [5, 5.41) is 0.815. The van der Waals surface area contributed by atoms with Crippen LogP contribution in [0.5, 0.6) is 11.5 Å². The second kappa shape index (κ2) is 9.85. The number of hydrogen-bond donors (Lipinski definition) is 1. The van der Waals surface area contributed by atoms with Crippen LogP contribution >= 0.6 is 0 Å². The van der Waals surface area contributed by atoms with Crippen LogP contribution < -0.4 is 14.2 Å². The molecule has 0 spiro atoms. The zero-order chi connectivity index (χ0) is 22.6. The molecule has 2 heterocycles. The quantitative estimate of drug-likeness (QED) is 0.499. The van der Waals surface area contributed by atoms with E-state index in [2.05, 4.69) is 26.7 Å². The van der Waals surface area contributed by atoms with Crippen LogP contribution in [0.2, 0.25) is 0 Å². The molecule has 0 unspecified atom stereocenters. The van der Waals surface area contributed by atoms with Gasteiger partial charge >= 0.3 is 0 Å². The van der Waals surface area contributed by atoms with Crippen molar-refractivity contribution in [2.45, 2.75) is 30.7 Å². The number of pyridine rings is 1. The highest BCUT2D eigenvalue weighted by atomic mass is 32.2. The number of unbranched alkanes of at least 4 members (excludes halogenated alkanes) is 1. The molecule has 1 aliphatic rings. The number of sulfonamides is 1. The Labute approximate surface area is 189 Å². The molecule has 0 saturated carbocycles. The van der Waals surface area contributed by atoms with Crippen LogP contribution in [0.25, 0.3) is 10.9 Å². The first kappa shape index (κ1) is 22.5. The summed E-state index contributed by atoms with van der Waals surface area (Å²) in [6.45, 7) is 3.17. The molecule has 0 saturated heterocycles. The lowest BCUT2D eigenvalue weighted by molar-refractivity contribution is 0.248. The first-order valence-electron chi connectivity index (χ1n) is 10.8. The number of ether oxygens (including phenoxy) is 2. The van der Waals surface area contributed by atoms with Crippen molar-refractivity contribution in [3.05, 3.63) is 59.8 Å². The minimum atomic E-state index is -3.60. The second-order valence-corrected chi connectivity index (χ2v) is 9.67. The van der Waals surface area contributed by atoms with E-state index in [0.717, 1.165) is 55.8 Å². The Morgan fingerprint density at radius 1 is 1.03 bits per heavy atom. The minimum absolute atomic E-state index is 0.229. The summed E-state index contributed by atoms with van der Waals surface area (Å²) in [7, 11) is -0.288. The van der Waals surface area contributed by atoms with Gasteiger partial charge in [-0.3, -0.25) is 9.88 Å². The number of fused-ring (bicyclic) bond motifs is 2. The van der Waals surface area contributed by atoms with Gasteiger partial charge in [0.15, 0.2) is 11.5 Å². The molecule has 1 N–H and O–H groups in total. The van der Waals surface area contributed by atoms with Crippen LogP contribution in [0.4, 0.5) is 0 Å². The topological polar surface area (TPSA) is 80.8 Å². The van der Waals surface area contributed by atoms with E-state index in [4.69, 9.17) is 9.47 Å². The number of methoxy groups -OCH3 is 2. The molecule has 2 aromatic carbocycles. The Balaban J connectivity index is 1.29. The summed E-state index contributed by atoms with van der Waals surface area (Å²) in [6, 6.07) is 13.0. The van der Waals surface area contributed by atoms with Crippen molar-refractivity contribution in [1.29, 1.82) is 0 Å². The number of benzene rings is 2. The van der Waals surface area contributed by atoms with Gasteiger partial charge in [0.1, 0.15) is 4.90 Å². The van der Waals surface area contributed by atoms with Crippen LogP contribution in [-0.2, 0) is 23.0 Å². The third kappa shape index (κ3) is 4.87. The number of rotatable bonds is 9. The summed E-state index contributed by atoms with van der Waals surface area (Å²) >= 11 is 0. The first-order chi connectivity index (χ1) is 15.5. The summed E-state index contributed by atoms with van der Waals surface area (Å²) in [5.41, 5.74) is 3.06. The second-order valence-electron chi connectivity index (χ2n) is 7.94. The van der Waals surface area contributed by atoms with Gasteiger partial charge in [0, 0.05) is 31.2 Å². The van der Waals surface area contributed by atoms with Crippen LogP contribution in [0.15, 0.2) is 53.6 Å². The lowest BCUT2D eigenvalue weighted by Crippen LogP contribution is -2.32. The van der Waals surface area contributed by atoms with E-state index in [9.17, 15) is 8.42 Å².